The molecule has 0 heterocycles. The van der Waals surface area contributed by atoms with Gasteiger partial charge in [0.25, 0.3) is 0 Å². The zero-order valence-electron chi connectivity index (χ0n) is 37.9. The molecule has 0 rings (SSSR count). The van der Waals surface area contributed by atoms with E-state index in [-0.39, 0.29) is 12.2 Å². The van der Waals surface area contributed by atoms with Crippen molar-refractivity contribution in [2.24, 2.45) is 0 Å². The number of hydrogen-bond acceptors (Lipinski definition) is 6. The Kier molecular flexibility index (Phi) is 49.7. The molecule has 0 amide bonds. The SMILES string of the molecule is C=CCCCCOC(COCCCCCCCCCCCCCCCC)COOCC(COCCCCCCCCCCCCCCCC)OCCCCC=C. The van der Waals surface area contributed by atoms with E-state index in [1.807, 2.05) is 12.2 Å². The molecule has 0 spiro atoms. The minimum atomic E-state index is -0.153. The maximum atomic E-state index is 6.16. The lowest BCUT2D eigenvalue weighted by Gasteiger charge is -2.20. The molecule has 0 radical (unpaired) electrons. The van der Waals surface area contributed by atoms with Gasteiger partial charge in [0.15, 0.2) is 0 Å². The number of rotatable bonds is 51. The number of hydrogen-bond donors (Lipinski definition) is 0. The Labute approximate surface area is 350 Å². The second-order valence-electron chi connectivity index (χ2n) is 16.5. The summed E-state index contributed by atoms with van der Waals surface area (Å²) in [5.41, 5.74) is 0. The van der Waals surface area contributed by atoms with Gasteiger partial charge in [0.2, 0.25) is 0 Å². The fourth-order valence-corrected chi connectivity index (χ4v) is 7.05. The minimum Gasteiger partial charge on any atom is -0.379 e. The van der Waals surface area contributed by atoms with Gasteiger partial charge in [-0.25, -0.2) is 9.78 Å². The second kappa shape index (κ2) is 50.4. The van der Waals surface area contributed by atoms with Crippen LogP contribution in [0.3, 0.4) is 0 Å². The molecule has 6 nitrogen and oxygen atoms in total. The van der Waals surface area contributed by atoms with Crippen LogP contribution in [0, 0.1) is 0 Å². The fourth-order valence-electron chi connectivity index (χ4n) is 7.05. The van der Waals surface area contributed by atoms with E-state index in [0.717, 1.165) is 64.6 Å². The molecule has 0 N–H and O–H groups in total. The van der Waals surface area contributed by atoms with Crippen LogP contribution in [0.15, 0.2) is 25.3 Å². The molecule has 0 aliphatic heterocycles. The number of ether oxygens (including phenoxy) is 4. The molecule has 0 aromatic carbocycles. The molecule has 0 saturated heterocycles. The normalized spacial score (nSPS) is 12.7. The highest BCUT2D eigenvalue weighted by Crippen LogP contribution is 2.15. The van der Waals surface area contributed by atoms with Crippen molar-refractivity contribution < 1.29 is 28.7 Å². The first-order valence-electron chi connectivity index (χ1n) is 24.6. The molecular weight excluding hydrogens is 697 g/mol. The standard InChI is InChI=1S/C50H98O6/c1-5-9-13-17-19-21-23-25-27-29-31-33-35-37-41-51-45-49(53-43-39-15-11-7-3)47-55-56-48-50(54-44-40-16-12-8-4)46-52-42-38-36-34-32-30-28-26-24-22-20-18-14-10-6-2/h7-8,49-50H,3-6,9-48H2,1-2H3. The van der Waals surface area contributed by atoms with Crippen LogP contribution in [-0.2, 0) is 28.7 Å². The van der Waals surface area contributed by atoms with Gasteiger partial charge in [0.05, 0.1) is 13.2 Å². The van der Waals surface area contributed by atoms with Crippen LogP contribution in [0.2, 0.25) is 0 Å². The summed E-state index contributed by atoms with van der Waals surface area (Å²) in [6.45, 7) is 16.9. The summed E-state index contributed by atoms with van der Waals surface area (Å²) in [5.74, 6) is 0. The average molecular weight is 795 g/mol. The van der Waals surface area contributed by atoms with Gasteiger partial charge < -0.3 is 18.9 Å². The predicted molar refractivity (Wildman–Crippen MR) is 242 cm³/mol. The van der Waals surface area contributed by atoms with Crippen LogP contribution >= 0.6 is 0 Å². The molecule has 2 unspecified atom stereocenters. The predicted octanol–water partition coefficient (Wildman–Crippen LogP) is 15.4. The van der Waals surface area contributed by atoms with Crippen LogP contribution in [0.1, 0.15) is 232 Å². The fraction of sp³-hybridized carbons (Fsp3) is 0.920. The van der Waals surface area contributed by atoms with Gasteiger partial charge in [0, 0.05) is 26.4 Å². The molecule has 0 aliphatic rings. The third-order valence-corrected chi connectivity index (χ3v) is 10.8. The zero-order chi connectivity index (χ0) is 40.5. The van der Waals surface area contributed by atoms with E-state index < -0.39 is 0 Å². The Bertz CT molecular complexity index is 672. The lowest BCUT2D eigenvalue weighted by Crippen LogP contribution is -2.30. The van der Waals surface area contributed by atoms with E-state index in [1.165, 1.54) is 167 Å². The van der Waals surface area contributed by atoms with E-state index in [1.54, 1.807) is 0 Å². The van der Waals surface area contributed by atoms with Gasteiger partial charge in [-0.3, -0.25) is 0 Å². The van der Waals surface area contributed by atoms with E-state index in [9.17, 15) is 0 Å². The highest BCUT2D eigenvalue weighted by Gasteiger charge is 2.14. The number of unbranched alkanes of at least 4 members (excludes halogenated alkanes) is 30. The molecule has 0 aromatic heterocycles. The third kappa shape index (κ3) is 45.9. The quantitative estimate of drug-likeness (QED) is 0.0265. The Morgan fingerprint density at radius 1 is 0.321 bits per heavy atom. The van der Waals surface area contributed by atoms with Crippen LogP contribution in [0.4, 0.5) is 0 Å². The molecule has 334 valence electrons. The van der Waals surface area contributed by atoms with E-state index >= 15 is 0 Å². The van der Waals surface area contributed by atoms with Crippen LogP contribution in [0.25, 0.3) is 0 Å². The molecule has 0 saturated carbocycles. The maximum absolute atomic E-state index is 6.16. The molecule has 0 aliphatic carbocycles. The Morgan fingerprint density at radius 2 is 0.589 bits per heavy atom. The Hall–Kier alpha value is -0.760. The lowest BCUT2D eigenvalue weighted by molar-refractivity contribution is -0.322. The van der Waals surface area contributed by atoms with Crippen molar-refractivity contribution in [3.63, 3.8) is 0 Å². The van der Waals surface area contributed by atoms with Crippen LogP contribution < -0.4 is 0 Å². The van der Waals surface area contributed by atoms with E-state index in [4.69, 9.17) is 28.7 Å². The van der Waals surface area contributed by atoms with Gasteiger partial charge in [-0.1, -0.05) is 193 Å². The highest BCUT2D eigenvalue weighted by molar-refractivity contribution is 4.66. The van der Waals surface area contributed by atoms with Crippen molar-refractivity contribution in [1.29, 1.82) is 0 Å². The molecule has 0 bridgehead atoms. The topological polar surface area (TPSA) is 55.4 Å². The smallest absolute Gasteiger partial charge is 0.111 e. The molecule has 56 heavy (non-hydrogen) atoms. The summed E-state index contributed by atoms with van der Waals surface area (Å²) in [6.07, 6.45) is 48.0. The lowest BCUT2D eigenvalue weighted by atomic mass is 10.0. The van der Waals surface area contributed by atoms with E-state index in [0.29, 0.717) is 39.6 Å². The molecule has 6 heteroatoms. The van der Waals surface area contributed by atoms with Crippen molar-refractivity contribution in [1.82, 2.24) is 0 Å². The molecular formula is C50H98O6. The van der Waals surface area contributed by atoms with Gasteiger partial charge in [-0.05, 0) is 51.4 Å². The summed E-state index contributed by atoms with van der Waals surface area (Å²) >= 11 is 0. The van der Waals surface area contributed by atoms with Crippen LogP contribution in [-0.4, -0.2) is 65.1 Å². The highest BCUT2D eigenvalue weighted by atomic mass is 17.2. The van der Waals surface area contributed by atoms with Crippen molar-refractivity contribution in [3.05, 3.63) is 25.3 Å². The maximum Gasteiger partial charge on any atom is 0.111 e. The van der Waals surface area contributed by atoms with Crippen molar-refractivity contribution >= 4 is 0 Å². The van der Waals surface area contributed by atoms with Gasteiger partial charge in [0.1, 0.15) is 25.4 Å². The first-order chi connectivity index (χ1) is 27.8. The van der Waals surface area contributed by atoms with Crippen molar-refractivity contribution in [3.8, 4) is 0 Å². The monoisotopic (exact) mass is 795 g/mol. The minimum absolute atomic E-state index is 0.153. The molecule has 2 atom stereocenters. The second-order valence-corrected chi connectivity index (χ2v) is 16.5. The first kappa shape index (κ1) is 55.2. The average Bonchev–Trinajstić information content (AvgIpc) is 3.21. The summed E-state index contributed by atoms with van der Waals surface area (Å²) in [4.78, 5) is 11.4. The first-order valence-corrected chi connectivity index (χ1v) is 24.6. The molecule has 0 fully saturated rings. The Balaban J connectivity index is 4.21. The summed E-state index contributed by atoms with van der Waals surface area (Å²) in [5, 5.41) is 0. The van der Waals surface area contributed by atoms with Crippen LogP contribution in [0.5, 0.6) is 0 Å². The third-order valence-electron chi connectivity index (χ3n) is 10.8. The summed E-state index contributed by atoms with van der Waals surface area (Å²) in [7, 11) is 0. The van der Waals surface area contributed by atoms with Gasteiger partial charge in [-0.15, -0.1) is 13.2 Å². The Morgan fingerprint density at radius 3 is 0.875 bits per heavy atom. The van der Waals surface area contributed by atoms with E-state index in [2.05, 4.69) is 27.0 Å². The zero-order valence-corrected chi connectivity index (χ0v) is 37.9. The number of allylic oxidation sites excluding steroid dienone is 2. The van der Waals surface area contributed by atoms with Crippen molar-refractivity contribution in [2.75, 3.05) is 52.9 Å². The summed E-state index contributed by atoms with van der Waals surface area (Å²) < 4.78 is 24.4. The van der Waals surface area contributed by atoms with Crippen molar-refractivity contribution in [2.45, 2.75) is 244 Å². The summed E-state index contributed by atoms with van der Waals surface area (Å²) in [6, 6.07) is 0. The molecule has 0 aromatic rings. The van der Waals surface area contributed by atoms with Gasteiger partial charge in [-0.2, -0.15) is 0 Å². The van der Waals surface area contributed by atoms with Gasteiger partial charge >= 0.3 is 0 Å². The largest absolute Gasteiger partial charge is 0.379 e.